The molecular weight excluding hydrogens is 502 g/mol. The summed E-state index contributed by atoms with van der Waals surface area (Å²) in [5.41, 5.74) is 9.23. The van der Waals surface area contributed by atoms with E-state index in [9.17, 15) is 14.4 Å². The molecule has 0 atom stereocenters. The molecule has 2 amide bonds. The van der Waals surface area contributed by atoms with Gasteiger partial charge in [0.05, 0.1) is 27.2 Å². The van der Waals surface area contributed by atoms with Crippen molar-refractivity contribution in [2.24, 2.45) is 0 Å². The van der Waals surface area contributed by atoms with Crippen LogP contribution in [0.15, 0.2) is 58.2 Å². The van der Waals surface area contributed by atoms with Crippen molar-refractivity contribution in [2.75, 3.05) is 17.6 Å². The number of nitrogen functional groups attached to an aromatic ring is 1. The van der Waals surface area contributed by atoms with E-state index in [0.717, 1.165) is 23.0 Å². The second kappa shape index (κ2) is 10.5. The lowest BCUT2D eigenvalue weighted by Gasteiger charge is -2.15. The molecule has 1 fully saturated rings. The molecule has 10 nitrogen and oxygen atoms in total. The molecule has 1 aliphatic rings. The minimum absolute atomic E-state index is 0.0937. The van der Waals surface area contributed by atoms with Crippen molar-refractivity contribution >= 4 is 51.7 Å². The van der Waals surface area contributed by atoms with Crippen LogP contribution in [0.3, 0.4) is 0 Å². The average molecular weight is 528 g/mol. The maximum absolute atomic E-state index is 13.6. The van der Waals surface area contributed by atoms with Crippen LogP contribution in [0.25, 0.3) is 22.7 Å². The molecule has 0 unspecified atom stereocenters. The highest BCUT2D eigenvalue weighted by atomic mass is 32.2. The van der Waals surface area contributed by atoms with E-state index in [0.29, 0.717) is 53.2 Å². The molecule has 0 aliphatic carbocycles. The minimum Gasteiger partial charge on any atom is -0.369 e. The number of nitrogens with one attached hydrogen (secondary N) is 2. The highest BCUT2D eigenvalue weighted by molar-refractivity contribution is 8.18. The maximum atomic E-state index is 13.6. The van der Waals surface area contributed by atoms with Gasteiger partial charge in [-0.3, -0.25) is 24.3 Å². The zero-order valence-corrected chi connectivity index (χ0v) is 21.6. The number of rotatable bonds is 7. The minimum atomic E-state index is -0.460. The lowest BCUT2D eigenvalue weighted by molar-refractivity contribution is -0.115. The monoisotopic (exact) mass is 527 g/mol. The number of imide groups is 1. The fraction of sp³-hybridized carbons (Fsp3) is 0.185. The van der Waals surface area contributed by atoms with Crippen LogP contribution in [0.5, 0.6) is 0 Å². The number of aryl methyl sites for hydroxylation is 3. The van der Waals surface area contributed by atoms with Crippen LogP contribution in [0.2, 0.25) is 0 Å². The maximum Gasteiger partial charge on any atom is 0.290 e. The van der Waals surface area contributed by atoms with Crippen molar-refractivity contribution in [1.82, 2.24) is 24.8 Å². The Balaban J connectivity index is 1.41. The van der Waals surface area contributed by atoms with E-state index >= 15 is 0 Å². The van der Waals surface area contributed by atoms with Gasteiger partial charge in [0, 0.05) is 18.5 Å². The van der Waals surface area contributed by atoms with E-state index in [1.165, 1.54) is 0 Å². The molecule has 11 heteroatoms. The number of aromatic nitrogens is 4. The van der Waals surface area contributed by atoms with Gasteiger partial charge in [-0.1, -0.05) is 30.3 Å². The molecule has 192 valence electrons. The van der Waals surface area contributed by atoms with E-state index < -0.39 is 11.1 Å². The Morgan fingerprint density at radius 1 is 1.03 bits per heavy atom. The number of nitrogens with two attached hydrogens (primary N) is 1. The van der Waals surface area contributed by atoms with Crippen LogP contribution in [0.4, 0.5) is 16.6 Å². The smallest absolute Gasteiger partial charge is 0.290 e. The lowest BCUT2D eigenvalue weighted by atomic mass is 10.1. The second-order valence-corrected chi connectivity index (χ2v) is 9.80. The molecule has 0 radical (unpaired) electrons. The van der Waals surface area contributed by atoms with Gasteiger partial charge < -0.3 is 11.1 Å². The molecule has 1 saturated heterocycles. The lowest BCUT2D eigenvalue weighted by Crippen LogP contribution is -2.25. The standard InChI is InChI=1S/C27H25N7O3S/c1-15-8-6-11-19-22(15)25(36)34(17-9-4-3-5-10-17)21(31-19)12-7-13-29-23-18(16(2)30-26(28)32-23)14-20-24(35)33-27(37)38-20/h3-6,8-11,14H,7,12-13H2,1-2H3,(H,33,35,37)(H3,28,29,30,32)/b20-14-. The Hall–Kier alpha value is -4.51. The SMILES string of the molecule is Cc1nc(N)nc(NCCCc2nc3cccc(C)c3c(=O)n2-c2ccccc2)c1/C=C1\SC(=O)NC1=O. The Labute approximate surface area is 222 Å². The highest BCUT2D eigenvalue weighted by Gasteiger charge is 2.26. The fourth-order valence-corrected chi connectivity index (χ4v) is 5.03. The van der Waals surface area contributed by atoms with E-state index in [4.69, 9.17) is 10.7 Å². The van der Waals surface area contributed by atoms with Crippen molar-refractivity contribution in [2.45, 2.75) is 26.7 Å². The van der Waals surface area contributed by atoms with Crippen molar-refractivity contribution in [3.05, 3.63) is 86.4 Å². The van der Waals surface area contributed by atoms with Crippen LogP contribution in [-0.2, 0) is 11.2 Å². The third-order valence-electron chi connectivity index (χ3n) is 6.13. The Bertz CT molecular complexity index is 1670. The van der Waals surface area contributed by atoms with E-state index in [-0.39, 0.29) is 16.4 Å². The number of benzene rings is 2. The zero-order chi connectivity index (χ0) is 26.8. The molecular formula is C27H25N7O3S. The quantitative estimate of drug-likeness (QED) is 0.242. The normalized spacial score (nSPS) is 14.3. The third kappa shape index (κ3) is 5.00. The summed E-state index contributed by atoms with van der Waals surface area (Å²) < 4.78 is 1.67. The molecule has 1 aliphatic heterocycles. The summed E-state index contributed by atoms with van der Waals surface area (Å²) in [6.07, 6.45) is 2.73. The van der Waals surface area contributed by atoms with Crippen LogP contribution < -0.4 is 21.9 Å². The topological polar surface area (TPSA) is 145 Å². The van der Waals surface area contributed by atoms with Crippen LogP contribution in [0, 0.1) is 13.8 Å². The second-order valence-electron chi connectivity index (χ2n) is 8.79. The first kappa shape index (κ1) is 25.2. The summed E-state index contributed by atoms with van der Waals surface area (Å²) in [5.74, 6) is 0.743. The summed E-state index contributed by atoms with van der Waals surface area (Å²) in [6, 6.07) is 15.1. The highest BCUT2D eigenvalue weighted by Crippen LogP contribution is 2.29. The first-order chi connectivity index (χ1) is 18.3. The molecule has 0 spiro atoms. The largest absolute Gasteiger partial charge is 0.369 e. The molecule has 0 saturated carbocycles. The van der Waals surface area contributed by atoms with Crippen LogP contribution in [-0.4, -0.2) is 37.2 Å². The molecule has 2 aromatic carbocycles. The summed E-state index contributed by atoms with van der Waals surface area (Å²) >= 11 is 0.825. The number of amides is 2. The molecule has 38 heavy (non-hydrogen) atoms. The van der Waals surface area contributed by atoms with Gasteiger partial charge in [-0.05, 0) is 61.9 Å². The predicted octanol–water partition coefficient (Wildman–Crippen LogP) is 3.74. The molecule has 4 aromatic rings. The predicted molar refractivity (Wildman–Crippen MR) is 149 cm³/mol. The third-order valence-corrected chi connectivity index (χ3v) is 6.94. The molecule has 5 rings (SSSR count). The molecule has 4 N–H and O–H groups in total. The number of carbonyl (C=O) groups excluding carboxylic acids is 2. The van der Waals surface area contributed by atoms with Gasteiger partial charge in [0.15, 0.2) is 0 Å². The number of nitrogens with zero attached hydrogens (tertiary/aromatic N) is 4. The molecule has 2 aromatic heterocycles. The van der Waals surface area contributed by atoms with Gasteiger partial charge >= 0.3 is 0 Å². The van der Waals surface area contributed by atoms with Crippen LogP contribution in [0.1, 0.15) is 29.1 Å². The summed E-state index contributed by atoms with van der Waals surface area (Å²) in [7, 11) is 0. The number of fused-ring (bicyclic) bond motifs is 1. The molecule has 0 bridgehead atoms. The van der Waals surface area contributed by atoms with Gasteiger partial charge in [0.1, 0.15) is 11.6 Å². The number of hydrogen-bond donors (Lipinski definition) is 3. The first-order valence-electron chi connectivity index (χ1n) is 12.0. The van der Waals surface area contributed by atoms with E-state index in [1.54, 1.807) is 17.6 Å². The number of anilines is 2. The molecule has 3 heterocycles. The number of para-hydroxylation sites is 1. The van der Waals surface area contributed by atoms with Crippen molar-refractivity contribution in [3.8, 4) is 5.69 Å². The average Bonchev–Trinajstić information content (AvgIpc) is 3.20. The first-order valence-corrected chi connectivity index (χ1v) is 12.8. The van der Waals surface area contributed by atoms with Gasteiger partial charge in [-0.2, -0.15) is 4.98 Å². The van der Waals surface area contributed by atoms with Gasteiger partial charge in [-0.15, -0.1) is 0 Å². The van der Waals surface area contributed by atoms with Crippen molar-refractivity contribution < 1.29 is 9.59 Å². The Morgan fingerprint density at radius 2 is 1.82 bits per heavy atom. The number of carbonyl (C=O) groups is 2. The Morgan fingerprint density at radius 3 is 2.55 bits per heavy atom. The van der Waals surface area contributed by atoms with Crippen LogP contribution >= 0.6 is 11.8 Å². The van der Waals surface area contributed by atoms with Crippen molar-refractivity contribution in [1.29, 1.82) is 0 Å². The fourth-order valence-electron chi connectivity index (χ4n) is 4.37. The van der Waals surface area contributed by atoms with Crippen molar-refractivity contribution in [3.63, 3.8) is 0 Å². The van der Waals surface area contributed by atoms with Gasteiger partial charge in [-0.25, -0.2) is 9.97 Å². The number of hydrogen-bond acceptors (Lipinski definition) is 9. The van der Waals surface area contributed by atoms with E-state index in [2.05, 4.69) is 20.6 Å². The van der Waals surface area contributed by atoms with Gasteiger partial charge in [0.2, 0.25) is 5.95 Å². The summed E-state index contributed by atoms with van der Waals surface area (Å²) in [5, 5.41) is 5.69. The number of thioether (sulfide) groups is 1. The Kier molecular flexibility index (Phi) is 6.93. The summed E-state index contributed by atoms with van der Waals surface area (Å²) in [6.45, 7) is 4.16. The zero-order valence-electron chi connectivity index (χ0n) is 20.8. The van der Waals surface area contributed by atoms with Gasteiger partial charge in [0.25, 0.3) is 16.7 Å². The van der Waals surface area contributed by atoms with E-state index in [1.807, 2.05) is 55.5 Å². The summed E-state index contributed by atoms with van der Waals surface area (Å²) in [4.78, 5) is 50.8.